The summed E-state index contributed by atoms with van der Waals surface area (Å²) in [6, 6.07) is 9.24. The molecule has 24 heavy (non-hydrogen) atoms. The van der Waals surface area contributed by atoms with Crippen LogP contribution in [0.25, 0.3) is 0 Å². The van der Waals surface area contributed by atoms with Crippen molar-refractivity contribution in [2.45, 2.75) is 51.9 Å². The Balaban J connectivity index is 2.06. The Kier molecular flexibility index (Phi) is 5.62. The molecule has 6 nitrogen and oxygen atoms in total. The molecule has 2 amide bonds. The molecule has 1 heterocycles. The van der Waals surface area contributed by atoms with Crippen LogP contribution in [0.2, 0.25) is 0 Å². The van der Waals surface area contributed by atoms with E-state index >= 15 is 0 Å². The van der Waals surface area contributed by atoms with Crippen molar-refractivity contribution in [1.82, 2.24) is 0 Å². The third kappa shape index (κ3) is 4.13. The molecule has 1 unspecified atom stereocenters. The first-order valence-electron chi connectivity index (χ1n) is 8.22. The first-order valence-corrected chi connectivity index (χ1v) is 8.22. The second-order valence-electron chi connectivity index (χ2n) is 7.15. The summed E-state index contributed by atoms with van der Waals surface area (Å²) in [5.41, 5.74) is 0.289. The zero-order valence-electron chi connectivity index (χ0n) is 14.5. The van der Waals surface area contributed by atoms with Crippen LogP contribution in [-0.2, 0) is 16.1 Å². The van der Waals surface area contributed by atoms with Crippen molar-refractivity contribution in [2.75, 3.05) is 13.2 Å². The Morgan fingerprint density at radius 1 is 1.25 bits per heavy atom. The summed E-state index contributed by atoms with van der Waals surface area (Å²) in [4.78, 5) is 24.5. The van der Waals surface area contributed by atoms with E-state index in [1.54, 1.807) is 20.8 Å². The number of likely N-dealkylation sites (tertiary alicyclic amines) is 1. The van der Waals surface area contributed by atoms with Crippen LogP contribution in [0, 0.1) is 0 Å². The van der Waals surface area contributed by atoms with Crippen molar-refractivity contribution >= 4 is 12.2 Å². The normalized spacial score (nSPS) is 23.9. The quantitative estimate of drug-likeness (QED) is 0.847. The average molecular weight is 336 g/mol. The van der Waals surface area contributed by atoms with Gasteiger partial charge >= 0.3 is 12.2 Å². The molecule has 1 fully saturated rings. The first kappa shape index (κ1) is 18.4. The number of hydrogen-bond acceptors (Lipinski definition) is 4. The number of carbonyl (C=O) groups is 2. The minimum absolute atomic E-state index is 0.209. The van der Waals surface area contributed by atoms with Crippen LogP contribution in [0.4, 0.5) is 9.59 Å². The van der Waals surface area contributed by atoms with E-state index < -0.39 is 28.3 Å². The number of amides is 2. The fourth-order valence-corrected chi connectivity index (χ4v) is 2.99. The molecular weight excluding hydrogens is 310 g/mol. The van der Waals surface area contributed by atoms with E-state index in [4.69, 9.17) is 9.47 Å². The molecule has 1 aliphatic heterocycles. The van der Waals surface area contributed by atoms with E-state index in [9.17, 15) is 14.7 Å². The fourth-order valence-electron chi connectivity index (χ4n) is 2.99. The number of carbonyl (C=O) groups excluding carboxylic acids is 1. The lowest BCUT2D eigenvalue weighted by Gasteiger charge is -2.32. The van der Waals surface area contributed by atoms with E-state index in [1.807, 2.05) is 30.3 Å². The number of imide groups is 1. The molecule has 1 N–H and O–H groups in total. The van der Waals surface area contributed by atoms with Crippen LogP contribution >= 0.6 is 0 Å². The number of ether oxygens (including phenoxy) is 2. The molecule has 0 radical (unpaired) electrons. The Labute approximate surface area is 142 Å². The number of rotatable bonds is 4. The predicted molar refractivity (Wildman–Crippen MR) is 88.5 cm³/mol. The third-order valence-corrected chi connectivity index (χ3v) is 4.15. The van der Waals surface area contributed by atoms with Gasteiger partial charge in [-0.25, -0.2) is 0 Å². The van der Waals surface area contributed by atoms with Gasteiger partial charge in [0.05, 0.1) is 6.61 Å². The Hall–Kier alpha value is -1.92. The molecule has 2 rings (SSSR count). The molecule has 1 aromatic carbocycles. The zero-order chi connectivity index (χ0) is 17.8. The van der Waals surface area contributed by atoms with E-state index in [1.165, 1.54) is 0 Å². The van der Waals surface area contributed by atoms with Crippen LogP contribution in [-0.4, -0.2) is 46.6 Å². The van der Waals surface area contributed by atoms with Crippen LogP contribution in [0.1, 0.15) is 39.2 Å². The van der Waals surface area contributed by atoms with E-state index in [-0.39, 0.29) is 13.2 Å². The lowest BCUT2D eigenvalue weighted by molar-refractivity contribution is -0.799. The minimum Gasteiger partial charge on any atom is -0.435 e. The van der Waals surface area contributed by atoms with Crippen molar-refractivity contribution in [1.29, 1.82) is 0 Å². The number of hydrogen-bond donors (Lipinski definition) is 1. The highest BCUT2D eigenvalue weighted by Crippen LogP contribution is 2.31. The molecule has 0 aromatic heterocycles. The van der Waals surface area contributed by atoms with Crippen molar-refractivity contribution in [3.8, 4) is 0 Å². The molecule has 2 atom stereocenters. The van der Waals surface area contributed by atoms with Gasteiger partial charge in [-0.1, -0.05) is 30.3 Å². The van der Waals surface area contributed by atoms with Crippen LogP contribution in [0.3, 0.4) is 0 Å². The van der Waals surface area contributed by atoms with Gasteiger partial charge in [-0.2, -0.15) is 9.59 Å². The molecule has 132 valence electrons. The smallest absolute Gasteiger partial charge is 0.435 e. The SMILES string of the molecule is CC(C)(C)OC(=O)[N+]1(C(=O)O)CCC[C@H]1COCc1ccccc1. The van der Waals surface area contributed by atoms with Crippen molar-refractivity contribution in [3.05, 3.63) is 35.9 Å². The van der Waals surface area contributed by atoms with Crippen molar-refractivity contribution < 1.29 is 28.7 Å². The maximum atomic E-state index is 12.6. The molecule has 0 spiro atoms. The molecule has 6 heteroatoms. The van der Waals surface area contributed by atoms with Gasteiger partial charge in [0.2, 0.25) is 0 Å². The Bertz CT molecular complexity index is 581. The second-order valence-corrected chi connectivity index (χ2v) is 7.15. The third-order valence-electron chi connectivity index (χ3n) is 4.15. The summed E-state index contributed by atoms with van der Waals surface area (Å²) in [5, 5.41) is 9.73. The van der Waals surface area contributed by atoms with Gasteiger partial charge in [-0.15, -0.1) is 4.48 Å². The topological polar surface area (TPSA) is 72.8 Å². The molecule has 0 aliphatic carbocycles. The van der Waals surface area contributed by atoms with Gasteiger partial charge < -0.3 is 14.6 Å². The highest BCUT2D eigenvalue weighted by molar-refractivity contribution is 5.76. The summed E-state index contributed by atoms with van der Waals surface area (Å²) in [6.07, 6.45) is -0.596. The van der Waals surface area contributed by atoms with Crippen LogP contribution in [0.5, 0.6) is 0 Å². The second kappa shape index (κ2) is 7.32. The summed E-state index contributed by atoms with van der Waals surface area (Å²) in [6.45, 7) is 6.05. The molecule has 0 bridgehead atoms. The molecule has 1 saturated heterocycles. The number of benzene rings is 1. The molecule has 0 saturated carbocycles. The zero-order valence-corrected chi connectivity index (χ0v) is 14.5. The lowest BCUT2D eigenvalue weighted by atomic mass is 10.2. The maximum absolute atomic E-state index is 12.6. The first-order chi connectivity index (χ1) is 11.3. The Morgan fingerprint density at radius 3 is 2.50 bits per heavy atom. The van der Waals surface area contributed by atoms with Gasteiger partial charge in [-0.3, -0.25) is 0 Å². The molecule has 1 aromatic rings. The maximum Gasteiger partial charge on any atom is 0.527 e. The summed E-state index contributed by atoms with van der Waals surface area (Å²) in [7, 11) is 0. The largest absolute Gasteiger partial charge is 0.527 e. The number of nitrogens with zero attached hydrogens (tertiary/aromatic N) is 1. The van der Waals surface area contributed by atoms with Gasteiger partial charge in [0.1, 0.15) is 24.8 Å². The van der Waals surface area contributed by atoms with Gasteiger partial charge in [-0.05, 0) is 26.3 Å². The average Bonchev–Trinajstić information content (AvgIpc) is 2.91. The summed E-state index contributed by atoms with van der Waals surface area (Å²) >= 11 is 0. The van der Waals surface area contributed by atoms with E-state index in [2.05, 4.69) is 0 Å². The molecular formula is C18H26NO5+. The van der Waals surface area contributed by atoms with Crippen molar-refractivity contribution in [2.24, 2.45) is 0 Å². The predicted octanol–water partition coefficient (Wildman–Crippen LogP) is 3.80. The van der Waals surface area contributed by atoms with Crippen LogP contribution < -0.4 is 0 Å². The lowest BCUT2D eigenvalue weighted by Crippen LogP contribution is -2.61. The monoisotopic (exact) mass is 336 g/mol. The van der Waals surface area contributed by atoms with Gasteiger partial charge in [0.15, 0.2) is 0 Å². The number of carboxylic acid groups (broad SMARTS) is 1. The van der Waals surface area contributed by atoms with Crippen molar-refractivity contribution in [3.63, 3.8) is 0 Å². The van der Waals surface area contributed by atoms with E-state index in [0.717, 1.165) is 5.56 Å². The molecule has 1 aliphatic rings. The minimum atomic E-state index is -1.17. The highest BCUT2D eigenvalue weighted by atomic mass is 16.6. The summed E-state index contributed by atoms with van der Waals surface area (Å²) in [5.74, 6) is 0. The highest BCUT2D eigenvalue weighted by Gasteiger charge is 2.57. The fraction of sp³-hybridized carbons (Fsp3) is 0.556. The van der Waals surface area contributed by atoms with Crippen LogP contribution in [0.15, 0.2) is 30.3 Å². The Morgan fingerprint density at radius 2 is 1.92 bits per heavy atom. The number of quaternary nitrogens is 1. The van der Waals surface area contributed by atoms with Gasteiger partial charge in [0, 0.05) is 12.8 Å². The summed E-state index contributed by atoms with van der Waals surface area (Å²) < 4.78 is 10.4. The van der Waals surface area contributed by atoms with E-state index in [0.29, 0.717) is 19.4 Å². The van der Waals surface area contributed by atoms with Gasteiger partial charge in [0.25, 0.3) is 0 Å². The standard InChI is InChI=1S/C18H25NO5/c1-18(2,3)24-17(22)19(16(20)21)11-7-10-15(19)13-23-12-14-8-5-4-6-9-14/h4-6,8-9,15H,7,10-13H2,1-3H3/p+1/t15-,19?/m0/s1.